The van der Waals surface area contributed by atoms with Crippen LogP contribution in [0.15, 0.2) is 48.8 Å². The summed E-state index contributed by atoms with van der Waals surface area (Å²) < 4.78 is 37.7. The van der Waals surface area contributed by atoms with Crippen LogP contribution in [0.3, 0.4) is 0 Å². The number of hydrogen-bond acceptors (Lipinski definition) is 2. The Morgan fingerprint density at radius 3 is 2.14 bits per heavy atom. The van der Waals surface area contributed by atoms with E-state index in [4.69, 9.17) is 0 Å². The highest BCUT2D eigenvalue weighted by atomic mass is 19.4. The van der Waals surface area contributed by atoms with Gasteiger partial charge in [0.1, 0.15) is 0 Å². The van der Waals surface area contributed by atoms with Crippen molar-refractivity contribution in [3.8, 4) is 0 Å². The molecule has 0 unspecified atom stereocenters. The molecule has 0 radical (unpaired) electrons. The van der Waals surface area contributed by atoms with Crippen LogP contribution in [0.5, 0.6) is 0 Å². The van der Waals surface area contributed by atoms with Gasteiger partial charge < -0.3 is 0 Å². The summed E-state index contributed by atoms with van der Waals surface area (Å²) in [7, 11) is 0. The lowest BCUT2D eigenvalue weighted by Gasteiger charge is -2.19. The molecule has 1 aromatic heterocycles. The van der Waals surface area contributed by atoms with Gasteiger partial charge in [-0.05, 0) is 36.4 Å². The van der Waals surface area contributed by atoms with E-state index in [1.54, 1.807) is 29.4 Å². The Labute approximate surface area is 124 Å². The number of hydrogen-bond donors (Lipinski definition) is 0. The molecule has 0 atom stereocenters. The second-order valence-electron chi connectivity index (χ2n) is 4.84. The lowest BCUT2D eigenvalue weighted by Crippen LogP contribution is -2.31. The molecule has 2 aromatic rings. The molecule has 0 saturated carbocycles. The number of anilines is 2. The van der Waals surface area contributed by atoms with Crippen LogP contribution in [0, 0.1) is 0 Å². The van der Waals surface area contributed by atoms with Crippen molar-refractivity contribution in [1.82, 2.24) is 4.98 Å². The van der Waals surface area contributed by atoms with E-state index in [1.165, 1.54) is 17.0 Å². The summed E-state index contributed by atoms with van der Waals surface area (Å²) in [5.41, 5.74) is 0.387. The fourth-order valence-corrected chi connectivity index (χ4v) is 2.36. The summed E-state index contributed by atoms with van der Waals surface area (Å²) in [4.78, 5) is 19.4. The van der Waals surface area contributed by atoms with E-state index < -0.39 is 11.7 Å². The lowest BCUT2D eigenvalue weighted by molar-refractivity contribution is -0.137. The molecule has 0 spiro atoms. The number of pyridine rings is 1. The summed E-state index contributed by atoms with van der Waals surface area (Å²) in [6.45, 7) is 0.880. The molecular weight excluding hydrogens is 295 g/mol. The first kappa shape index (κ1) is 14.4. The normalized spacial score (nSPS) is 15.5. The predicted molar refractivity (Wildman–Crippen MR) is 75.8 cm³/mol. The lowest BCUT2D eigenvalue weighted by atomic mass is 10.2. The third-order valence-electron chi connectivity index (χ3n) is 3.47. The number of carbonyl (C=O) groups excluding carboxylic acids is 1. The monoisotopic (exact) mass is 307 g/mol. The molecule has 1 aromatic carbocycles. The first-order valence-corrected chi connectivity index (χ1v) is 6.63. The van der Waals surface area contributed by atoms with Crippen molar-refractivity contribution >= 4 is 17.4 Å². The summed E-state index contributed by atoms with van der Waals surface area (Å²) in [6, 6.07) is 7.81. The van der Waals surface area contributed by atoms with Crippen LogP contribution in [0.25, 0.3) is 0 Å². The van der Waals surface area contributed by atoms with Crippen molar-refractivity contribution in [2.24, 2.45) is 0 Å². The largest absolute Gasteiger partial charge is 0.416 e. The number of urea groups is 1. The van der Waals surface area contributed by atoms with Crippen LogP contribution in [0.2, 0.25) is 0 Å². The second kappa shape index (κ2) is 5.32. The highest BCUT2D eigenvalue weighted by molar-refractivity contribution is 6.05. The van der Waals surface area contributed by atoms with E-state index in [0.717, 1.165) is 12.1 Å². The molecule has 0 aliphatic carbocycles. The van der Waals surface area contributed by atoms with Gasteiger partial charge in [-0.15, -0.1) is 0 Å². The average molecular weight is 307 g/mol. The van der Waals surface area contributed by atoms with Crippen LogP contribution >= 0.6 is 0 Å². The average Bonchev–Trinajstić information content (AvgIpc) is 2.89. The Bertz CT molecular complexity index is 671. The van der Waals surface area contributed by atoms with Gasteiger partial charge in [0.05, 0.1) is 17.4 Å². The maximum atomic E-state index is 12.6. The van der Waals surface area contributed by atoms with Gasteiger partial charge in [0, 0.05) is 25.0 Å². The maximum absolute atomic E-state index is 12.6. The van der Waals surface area contributed by atoms with Gasteiger partial charge in [-0.3, -0.25) is 14.8 Å². The number of benzene rings is 1. The topological polar surface area (TPSA) is 36.4 Å². The van der Waals surface area contributed by atoms with E-state index >= 15 is 0 Å². The standard InChI is InChI=1S/C15H12F3N3O/c16-15(17,18)11-3-5-12(6-4-11)20-8-9-21(14(20)22)13-2-1-7-19-10-13/h1-7,10H,8-9H2. The van der Waals surface area contributed by atoms with E-state index in [9.17, 15) is 18.0 Å². The Morgan fingerprint density at radius 2 is 1.59 bits per heavy atom. The van der Waals surface area contributed by atoms with E-state index in [0.29, 0.717) is 24.5 Å². The number of rotatable bonds is 2. The molecule has 114 valence electrons. The van der Waals surface area contributed by atoms with Crippen LogP contribution in [0.4, 0.5) is 29.3 Å². The minimum atomic E-state index is -4.38. The highest BCUT2D eigenvalue weighted by Gasteiger charge is 2.33. The molecular formula is C15H12F3N3O. The maximum Gasteiger partial charge on any atom is 0.416 e. The molecule has 1 aliphatic rings. The van der Waals surface area contributed by atoms with Crippen molar-refractivity contribution in [3.63, 3.8) is 0 Å². The molecule has 1 fully saturated rings. The van der Waals surface area contributed by atoms with Crippen molar-refractivity contribution < 1.29 is 18.0 Å². The molecule has 1 aliphatic heterocycles. The van der Waals surface area contributed by atoms with Gasteiger partial charge >= 0.3 is 12.2 Å². The minimum absolute atomic E-state index is 0.271. The molecule has 3 rings (SSSR count). The number of alkyl halides is 3. The quantitative estimate of drug-likeness (QED) is 0.851. The van der Waals surface area contributed by atoms with Crippen LogP contribution in [0.1, 0.15) is 5.56 Å². The van der Waals surface area contributed by atoms with Crippen LogP contribution in [-0.4, -0.2) is 24.1 Å². The summed E-state index contributed by atoms with van der Waals surface area (Å²) in [6.07, 6.45) is -1.19. The van der Waals surface area contributed by atoms with E-state index in [1.807, 2.05) is 0 Å². The number of nitrogens with zero attached hydrogens (tertiary/aromatic N) is 3. The predicted octanol–water partition coefficient (Wildman–Crippen LogP) is 3.55. The van der Waals surface area contributed by atoms with Crippen molar-refractivity contribution in [3.05, 3.63) is 54.4 Å². The molecule has 0 bridgehead atoms. The highest BCUT2D eigenvalue weighted by Crippen LogP contribution is 2.31. The summed E-state index contributed by atoms with van der Waals surface area (Å²) in [5.74, 6) is 0. The molecule has 2 heterocycles. The van der Waals surface area contributed by atoms with Gasteiger partial charge in [-0.1, -0.05) is 0 Å². The third kappa shape index (κ3) is 2.61. The van der Waals surface area contributed by atoms with Gasteiger partial charge in [0.15, 0.2) is 0 Å². The smallest absolute Gasteiger partial charge is 0.292 e. The zero-order valence-electron chi connectivity index (χ0n) is 11.4. The molecule has 0 N–H and O–H groups in total. The van der Waals surface area contributed by atoms with Crippen molar-refractivity contribution in [2.45, 2.75) is 6.18 Å². The van der Waals surface area contributed by atoms with Gasteiger partial charge in [-0.2, -0.15) is 13.2 Å². The Balaban J connectivity index is 1.81. The van der Waals surface area contributed by atoms with Crippen molar-refractivity contribution in [1.29, 1.82) is 0 Å². The van der Waals surface area contributed by atoms with Crippen LogP contribution < -0.4 is 9.80 Å². The third-order valence-corrected chi connectivity index (χ3v) is 3.47. The van der Waals surface area contributed by atoms with Crippen molar-refractivity contribution in [2.75, 3.05) is 22.9 Å². The first-order chi connectivity index (χ1) is 10.5. The van der Waals surface area contributed by atoms with Crippen LogP contribution in [-0.2, 0) is 6.18 Å². The molecule has 2 amide bonds. The number of halogens is 3. The zero-order valence-corrected chi connectivity index (χ0v) is 11.4. The van der Waals surface area contributed by atoms with E-state index in [2.05, 4.69) is 4.98 Å². The Kier molecular flexibility index (Phi) is 3.48. The molecule has 4 nitrogen and oxygen atoms in total. The first-order valence-electron chi connectivity index (χ1n) is 6.63. The fourth-order valence-electron chi connectivity index (χ4n) is 2.36. The SMILES string of the molecule is O=C1N(c2ccc(C(F)(F)F)cc2)CCN1c1cccnc1. The van der Waals surface area contributed by atoms with Gasteiger partial charge in [-0.25, -0.2) is 4.79 Å². The van der Waals surface area contributed by atoms with E-state index in [-0.39, 0.29) is 6.03 Å². The number of amides is 2. The Morgan fingerprint density at radius 1 is 0.955 bits per heavy atom. The number of carbonyl (C=O) groups is 1. The minimum Gasteiger partial charge on any atom is -0.292 e. The summed E-state index contributed by atoms with van der Waals surface area (Å²) in [5, 5.41) is 0. The molecule has 22 heavy (non-hydrogen) atoms. The molecule has 1 saturated heterocycles. The summed E-state index contributed by atoms with van der Waals surface area (Å²) >= 11 is 0. The fraction of sp³-hybridized carbons (Fsp3) is 0.200. The zero-order chi connectivity index (χ0) is 15.7. The Hall–Kier alpha value is -2.57. The van der Waals surface area contributed by atoms with Gasteiger partial charge in [0.2, 0.25) is 0 Å². The molecule has 7 heteroatoms. The van der Waals surface area contributed by atoms with Gasteiger partial charge in [0.25, 0.3) is 0 Å². The second-order valence-corrected chi connectivity index (χ2v) is 4.84. The number of aromatic nitrogens is 1.